The van der Waals surface area contributed by atoms with Gasteiger partial charge in [-0.3, -0.25) is 0 Å². The van der Waals surface area contributed by atoms with Crippen molar-refractivity contribution in [3.05, 3.63) is 33.6 Å². The molecule has 3 heterocycles. The van der Waals surface area contributed by atoms with Crippen LogP contribution in [0.1, 0.15) is 18.3 Å². The lowest BCUT2D eigenvalue weighted by atomic mass is 10.3. The lowest BCUT2D eigenvalue weighted by molar-refractivity contribution is 0.614. The second-order valence-corrected chi connectivity index (χ2v) is 5.73. The SMILES string of the molecule is CCc1c(N)nnn1Cc1csc(-c2ccsc2)n1. The van der Waals surface area contributed by atoms with Crippen molar-refractivity contribution >= 4 is 28.5 Å². The maximum absolute atomic E-state index is 5.78. The highest BCUT2D eigenvalue weighted by atomic mass is 32.1. The van der Waals surface area contributed by atoms with Crippen molar-refractivity contribution in [3.63, 3.8) is 0 Å². The number of hydrogen-bond acceptors (Lipinski definition) is 6. The smallest absolute Gasteiger partial charge is 0.169 e. The van der Waals surface area contributed by atoms with Crippen LogP contribution in [0.25, 0.3) is 10.6 Å². The van der Waals surface area contributed by atoms with Crippen LogP contribution in [0.4, 0.5) is 5.82 Å². The predicted molar refractivity (Wildman–Crippen MR) is 78.3 cm³/mol. The van der Waals surface area contributed by atoms with E-state index in [0.29, 0.717) is 12.4 Å². The molecule has 0 aromatic carbocycles. The summed E-state index contributed by atoms with van der Waals surface area (Å²) in [5, 5.41) is 15.2. The van der Waals surface area contributed by atoms with E-state index in [1.54, 1.807) is 22.7 Å². The summed E-state index contributed by atoms with van der Waals surface area (Å²) in [4.78, 5) is 4.63. The predicted octanol–water partition coefficient (Wildman–Crippen LogP) is 2.66. The summed E-state index contributed by atoms with van der Waals surface area (Å²) in [6.07, 6.45) is 0.820. The number of anilines is 1. The highest BCUT2D eigenvalue weighted by Gasteiger charge is 2.11. The van der Waals surface area contributed by atoms with Gasteiger partial charge in [0, 0.05) is 16.3 Å². The molecule has 0 saturated heterocycles. The van der Waals surface area contributed by atoms with E-state index in [-0.39, 0.29) is 0 Å². The van der Waals surface area contributed by atoms with Gasteiger partial charge in [-0.15, -0.1) is 16.4 Å². The van der Waals surface area contributed by atoms with Crippen LogP contribution < -0.4 is 5.73 Å². The number of aromatic nitrogens is 4. The normalized spacial score (nSPS) is 11.0. The van der Waals surface area contributed by atoms with Crippen LogP contribution in [0.2, 0.25) is 0 Å². The first-order valence-electron chi connectivity index (χ1n) is 5.92. The van der Waals surface area contributed by atoms with E-state index in [1.807, 2.05) is 11.6 Å². The summed E-state index contributed by atoms with van der Waals surface area (Å²) in [6, 6.07) is 2.08. The maximum atomic E-state index is 5.78. The van der Waals surface area contributed by atoms with Gasteiger partial charge in [0.1, 0.15) is 5.01 Å². The fourth-order valence-corrected chi connectivity index (χ4v) is 3.41. The van der Waals surface area contributed by atoms with Gasteiger partial charge < -0.3 is 5.73 Å². The Balaban J connectivity index is 1.84. The van der Waals surface area contributed by atoms with Crippen molar-refractivity contribution in [2.24, 2.45) is 0 Å². The minimum Gasteiger partial charge on any atom is -0.381 e. The molecule has 5 nitrogen and oxygen atoms in total. The topological polar surface area (TPSA) is 69.6 Å². The number of hydrogen-bond donors (Lipinski definition) is 1. The van der Waals surface area contributed by atoms with E-state index in [1.165, 1.54) is 5.56 Å². The zero-order chi connectivity index (χ0) is 13.2. The molecule has 0 fully saturated rings. The van der Waals surface area contributed by atoms with Gasteiger partial charge in [0.15, 0.2) is 5.82 Å². The molecule has 0 aliphatic heterocycles. The number of thiophene rings is 1. The van der Waals surface area contributed by atoms with E-state index in [0.717, 1.165) is 22.8 Å². The summed E-state index contributed by atoms with van der Waals surface area (Å²) < 4.78 is 1.82. The molecule has 19 heavy (non-hydrogen) atoms. The van der Waals surface area contributed by atoms with Gasteiger partial charge in [-0.2, -0.15) is 11.3 Å². The Morgan fingerprint density at radius 1 is 1.37 bits per heavy atom. The van der Waals surface area contributed by atoms with Crippen LogP contribution in [-0.2, 0) is 13.0 Å². The molecular formula is C12H13N5S2. The Morgan fingerprint density at radius 2 is 2.26 bits per heavy atom. The number of nitrogen functional groups attached to an aromatic ring is 1. The van der Waals surface area contributed by atoms with Gasteiger partial charge >= 0.3 is 0 Å². The Morgan fingerprint density at radius 3 is 3.00 bits per heavy atom. The zero-order valence-corrected chi connectivity index (χ0v) is 12.0. The van der Waals surface area contributed by atoms with E-state index in [4.69, 9.17) is 5.73 Å². The molecule has 3 rings (SSSR count). The van der Waals surface area contributed by atoms with Crippen LogP contribution in [0.15, 0.2) is 22.2 Å². The lowest BCUT2D eigenvalue weighted by Crippen LogP contribution is -2.07. The molecule has 0 radical (unpaired) electrons. The highest BCUT2D eigenvalue weighted by Crippen LogP contribution is 2.26. The molecule has 7 heteroatoms. The van der Waals surface area contributed by atoms with Crippen molar-refractivity contribution in [1.82, 2.24) is 20.0 Å². The Bertz CT molecular complexity index is 668. The van der Waals surface area contributed by atoms with E-state index < -0.39 is 0 Å². The van der Waals surface area contributed by atoms with Gasteiger partial charge in [-0.1, -0.05) is 12.1 Å². The molecule has 0 saturated carbocycles. The van der Waals surface area contributed by atoms with Gasteiger partial charge in [-0.25, -0.2) is 9.67 Å². The van der Waals surface area contributed by atoms with E-state index >= 15 is 0 Å². The highest BCUT2D eigenvalue weighted by molar-refractivity contribution is 7.14. The summed E-state index contributed by atoms with van der Waals surface area (Å²) in [6.45, 7) is 2.66. The van der Waals surface area contributed by atoms with Gasteiger partial charge in [0.05, 0.1) is 17.9 Å². The number of rotatable bonds is 4. The van der Waals surface area contributed by atoms with Gasteiger partial charge in [0.25, 0.3) is 0 Å². The number of nitrogens with two attached hydrogens (primary N) is 1. The standard InChI is InChI=1S/C12H13N5S2/c1-2-10-11(13)15-16-17(10)5-9-7-19-12(14-9)8-3-4-18-6-8/h3-4,6-7H,2,5,13H2,1H3. The molecule has 0 spiro atoms. The fourth-order valence-electron chi connectivity index (χ4n) is 1.89. The summed E-state index contributed by atoms with van der Waals surface area (Å²) in [7, 11) is 0. The summed E-state index contributed by atoms with van der Waals surface area (Å²) in [5.74, 6) is 0.510. The van der Waals surface area contributed by atoms with Crippen molar-refractivity contribution in [3.8, 4) is 10.6 Å². The Kier molecular flexibility index (Phi) is 3.31. The molecule has 0 atom stereocenters. The average Bonchev–Trinajstić information content (AvgIpc) is 3.11. The van der Waals surface area contributed by atoms with Gasteiger partial charge in [-0.05, 0) is 17.9 Å². The number of nitrogens with zero attached hydrogens (tertiary/aromatic N) is 4. The van der Waals surface area contributed by atoms with Crippen molar-refractivity contribution in [2.75, 3.05) is 5.73 Å². The molecule has 0 amide bonds. The minimum atomic E-state index is 0.510. The first-order chi connectivity index (χ1) is 9.28. The molecule has 0 aliphatic rings. The zero-order valence-electron chi connectivity index (χ0n) is 10.4. The molecule has 2 N–H and O–H groups in total. The molecule has 3 aromatic heterocycles. The Labute approximate surface area is 118 Å². The molecule has 3 aromatic rings. The molecule has 0 bridgehead atoms. The first kappa shape index (κ1) is 12.3. The van der Waals surface area contributed by atoms with E-state index in [2.05, 4.69) is 37.5 Å². The third-order valence-electron chi connectivity index (χ3n) is 2.83. The molecule has 0 unspecified atom stereocenters. The average molecular weight is 291 g/mol. The molecule has 0 aliphatic carbocycles. The number of thiazole rings is 1. The second kappa shape index (κ2) is 5.10. The van der Waals surface area contributed by atoms with Gasteiger partial charge in [0.2, 0.25) is 0 Å². The maximum Gasteiger partial charge on any atom is 0.169 e. The third kappa shape index (κ3) is 2.39. The van der Waals surface area contributed by atoms with Crippen molar-refractivity contribution in [1.29, 1.82) is 0 Å². The third-order valence-corrected chi connectivity index (χ3v) is 4.46. The largest absolute Gasteiger partial charge is 0.381 e. The fraction of sp³-hybridized carbons (Fsp3) is 0.250. The van der Waals surface area contributed by atoms with Crippen molar-refractivity contribution < 1.29 is 0 Å². The minimum absolute atomic E-state index is 0.510. The van der Waals surface area contributed by atoms with Crippen LogP contribution in [0, 0.1) is 0 Å². The van der Waals surface area contributed by atoms with Crippen LogP contribution >= 0.6 is 22.7 Å². The van der Waals surface area contributed by atoms with Crippen LogP contribution in [0.5, 0.6) is 0 Å². The second-order valence-electron chi connectivity index (χ2n) is 4.09. The van der Waals surface area contributed by atoms with E-state index in [9.17, 15) is 0 Å². The lowest BCUT2D eigenvalue weighted by Gasteiger charge is -2.01. The van der Waals surface area contributed by atoms with Crippen LogP contribution in [-0.4, -0.2) is 20.0 Å². The van der Waals surface area contributed by atoms with Crippen molar-refractivity contribution in [2.45, 2.75) is 19.9 Å². The molecular weight excluding hydrogens is 278 g/mol. The molecule has 98 valence electrons. The first-order valence-corrected chi connectivity index (χ1v) is 7.75. The quantitative estimate of drug-likeness (QED) is 0.802. The summed E-state index contributed by atoms with van der Waals surface area (Å²) >= 11 is 3.33. The van der Waals surface area contributed by atoms with Crippen LogP contribution in [0.3, 0.4) is 0 Å². The monoisotopic (exact) mass is 291 g/mol. The Hall–Kier alpha value is -1.73. The summed E-state index contributed by atoms with van der Waals surface area (Å²) in [5.41, 5.74) is 8.91.